The second-order valence-electron chi connectivity index (χ2n) is 5.70. The summed E-state index contributed by atoms with van der Waals surface area (Å²) in [5.41, 5.74) is 0.508. The second-order valence-corrected chi connectivity index (χ2v) is 6.05. The monoisotopic (exact) mass is 389 g/mol. The molecule has 4 aromatic rings. The Morgan fingerprint density at radius 3 is 2.30 bits per heavy atom. The fourth-order valence-electron chi connectivity index (χ4n) is 2.95. The third kappa shape index (κ3) is 2.90. The number of fused-ring (bicyclic) bond motifs is 1. The highest BCUT2D eigenvalue weighted by atomic mass is 35.5. The van der Waals surface area contributed by atoms with Crippen LogP contribution in [0, 0.1) is 17.5 Å². The maximum atomic E-state index is 14.5. The quantitative estimate of drug-likeness (QED) is 0.455. The molecule has 0 atom stereocenters. The molecule has 0 spiro atoms. The zero-order chi connectivity index (χ0) is 19.1. The molecule has 0 radical (unpaired) electrons. The van der Waals surface area contributed by atoms with Gasteiger partial charge in [-0.05, 0) is 29.8 Å². The summed E-state index contributed by atoms with van der Waals surface area (Å²) in [4.78, 5) is 8.19. The van der Waals surface area contributed by atoms with Crippen molar-refractivity contribution in [3.8, 4) is 28.1 Å². The van der Waals surface area contributed by atoms with Crippen LogP contribution < -0.4 is 4.74 Å². The van der Waals surface area contributed by atoms with E-state index in [4.69, 9.17) is 16.3 Å². The van der Waals surface area contributed by atoms with E-state index in [9.17, 15) is 13.2 Å². The molecule has 0 aliphatic carbocycles. The van der Waals surface area contributed by atoms with Crippen LogP contribution in [0.4, 0.5) is 13.2 Å². The van der Waals surface area contributed by atoms with E-state index in [1.165, 1.54) is 13.3 Å². The number of ether oxygens (including phenoxy) is 1. The lowest BCUT2D eigenvalue weighted by Crippen LogP contribution is -2.03. The van der Waals surface area contributed by atoms with Gasteiger partial charge in [0.25, 0.3) is 0 Å². The molecule has 4 nitrogen and oxygen atoms in total. The summed E-state index contributed by atoms with van der Waals surface area (Å²) in [7, 11) is 1.53. The van der Waals surface area contributed by atoms with Crippen molar-refractivity contribution in [2.45, 2.75) is 0 Å². The zero-order valence-electron chi connectivity index (χ0n) is 13.9. The summed E-state index contributed by atoms with van der Waals surface area (Å²) in [6.07, 6.45) is 3.09. The molecule has 2 aromatic carbocycles. The van der Waals surface area contributed by atoms with Crippen molar-refractivity contribution in [3.05, 3.63) is 71.4 Å². The van der Waals surface area contributed by atoms with Gasteiger partial charge in [0, 0.05) is 30.1 Å². The first-order chi connectivity index (χ1) is 13.0. The molecule has 8 heteroatoms. The molecule has 0 amide bonds. The summed E-state index contributed by atoms with van der Waals surface area (Å²) in [6, 6.07) is 8.04. The number of benzene rings is 2. The maximum absolute atomic E-state index is 14.5. The average molecular weight is 390 g/mol. The third-order valence-electron chi connectivity index (χ3n) is 4.12. The van der Waals surface area contributed by atoms with Crippen molar-refractivity contribution in [1.29, 1.82) is 0 Å². The lowest BCUT2D eigenvalue weighted by atomic mass is 9.99. The Hall–Kier alpha value is -3.06. The van der Waals surface area contributed by atoms with Gasteiger partial charge < -0.3 is 4.74 Å². The molecule has 0 aliphatic heterocycles. The summed E-state index contributed by atoms with van der Waals surface area (Å²) >= 11 is 6.28. The molecular weight excluding hydrogens is 379 g/mol. The Bertz CT molecular complexity index is 1140. The van der Waals surface area contributed by atoms with E-state index in [1.807, 2.05) is 0 Å². The summed E-state index contributed by atoms with van der Waals surface area (Å²) in [5, 5.41) is -0.149. The number of halogens is 4. The predicted molar refractivity (Wildman–Crippen MR) is 95.3 cm³/mol. The van der Waals surface area contributed by atoms with Crippen LogP contribution in [0.3, 0.4) is 0 Å². The number of aromatic nitrogens is 3. The normalized spacial score (nSPS) is 11.1. The van der Waals surface area contributed by atoms with E-state index in [2.05, 4.69) is 9.97 Å². The largest absolute Gasteiger partial charge is 0.497 e. The van der Waals surface area contributed by atoms with Crippen LogP contribution in [0.2, 0.25) is 5.15 Å². The summed E-state index contributed by atoms with van der Waals surface area (Å²) in [6.45, 7) is 0. The molecule has 27 heavy (non-hydrogen) atoms. The van der Waals surface area contributed by atoms with Gasteiger partial charge in [-0.1, -0.05) is 11.6 Å². The Morgan fingerprint density at radius 2 is 1.67 bits per heavy atom. The molecule has 0 saturated carbocycles. The first-order valence-corrected chi connectivity index (χ1v) is 8.19. The second kappa shape index (κ2) is 6.59. The number of rotatable bonds is 3. The van der Waals surface area contributed by atoms with Gasteiger partial charge in [0.2, 0.25) is 5.78 Å². The van der Waals surface area contributed by atoms with Gasteiger partial charge in [-0.2, -0.15) is 4.98 Å². The Labute approximate surface area is 156 Å². The highest BCUT2D eigenvalue weighted by Gasteiger charge is 2.24. The molecule has 4 rings (SSSR count). The van der Waals surface area contributed by atoms with Crippen LogP contribution in [0.5, 0.6) is 5.75 Å². The number of methoxy groups -OCH3 is 1. The topological polar surface area (TPSA) is 39.4 Å². The van der Waals surface area contributed by atoms with E-state index >= 15 is 0 Å². The minimum Gasteiger partial charge on any atom is -0.497 e. The van der Waals surface area contributed by atoms with Crippen molar-refractivity contribution >= 4 is 17.4 Å². The van der Waals surface area contributed by atoms with Gasteiger partial charge >= 0.3 is 0 Å². The van der Waals surface area contributed by atoms with Gasteiger partial charge in [0.15, 0.2) is 0 Å². The lowest BCUT2D eigenvalue weighted by molar-refractivity contribution is 0.415. The standard InChI is InChI=1S/C19H11ClF3N3O/c1-27-12-4-2-10(3-5-12)17-16(15-13(22)8-11(21)9-14(15)23)18(20)25-19-24-6-7-26(17)19/h2-9H,1H3. The molecule has 0 fully saturated rings. The van der Waals surface area contributed by atoms with Crippen LogP contribution in [-0.4, -0.2) is 21.5 Å². The van der Waals surface area contributed by atoms with Gasteiger partial charge in [-0.25, -0.2) is 18.2 Å². The number of nitrogens with zero attached hydrogens (tertiary/aromatic N) is 3. The minimum atomic E-state index is -1.08. The van der Waals surface area contributed by atoms with E-state index in [-0.39, 0.29) is 16.5 Å². The SMILES string of the molecule is COc1ccc(-c2c(-c3c(F)cc(F)cc3F)c(Cl)nc3nccn23)cc1. The fourth-order valence-corrected chi connectivity index (χ4v) is 3.21. The number of hydrogen-bond acceptors (Lipinski definition) is 3. The van der Waals surface area contributed by atoms with Gasteiger partial charge in [0.1, 0.15) is 28.4 Å². The van der Waals surface area contributed by atoms with E-state index in [0.717, 1.165) is 0 Å². The van der Waals surface area contributed by atoms with Gasteiger partial charge in [-0.15, -0.1) is 0 Å². The zero-order valence-corrected chi connectivity index (χ0v) is 14.6. The molecule has 0 N–H and O–H groups in total. The van der Waals surface area contributed by atoms with Crippen molar-refractivity contribution < 1.29 is 17.9 Å². The van der Waals surface area contributed by atoms with E-state index in [0.29, 0.717) is 29.1 Å². The van der Waals surface area contributed by atoms with Crippen LogP contribution in [0.25, 0.3) is 28.2 Å². The van der Waals surface area contributed by atoms with Crippen LogP contribution in [0.15, 0.2) is 48.8 Å². The summed E-state index contributed by atoms with van der Waals surface area (Å²) in [5.74, 6) is -2.30. The van der Waals surface area contributed by atoms with Crippen molar-refractivity contribution in [2.24, 2.45) is 0 Å². The third-order valence-corrected chi connectivity index (χ3v) is 4.40. The smallest absolute Gasteiger partial charge is 0.235 e. The molecule has 0 bridgehead atoms. The highest BCUT2D eigenvalue weighted by Crippen LogP contribution is 2.40. The fraction of sp³-hybridized carbons (Fsp3) is 0.0526. The molecule has 0 saturated heterocycles. The van der Waals surface area contributed by atoms with Crippen LogP contribution in [-0.2, 0) is 0 Å². The number of imidazole rings is 1. The molecule has 2 heterocycles. The Balaban J connectivity index is 2.10. The van der Waals surface area contributed by atoms with E-state index in [1.54, 1.807) is 34.9 Å². The molecule has 136 valence electrons. The van der Waals surface area contributed by atoms with Gasteiger partial charge in [-0.3, -0.25) is 4.40 Å². The van der Waals surface area contributed by atoms with Crippen molar-refractivity contribution in [2.75, 3.05) is 7.11 Å². The molecule has 0 aliphatic rings. The number of hydrogen-bond donors (Lipinski definition) is 0. The maximum Gasteiger partial charge on any atom is 0.235 e. The van der Waals surface area contributed by atoms with Crippen molar-refractivity contribution in [1.82, 2.24) is 14.4 Å². The molecular formula is C19H11ClF3N3O. The Morgan fingerprint density at radius 1 is 1.00 bits per heavy atom. The molecule has 0 unspecified atom stereocenters. The lowest BCUT2D eigenvalue weighted by Gasteiger charge is -2.15. The average Bonchev–Trinajstić information content (AvgIpc) is 3.09. The van der Waals surface area contributed by atoms with E-state index < -0.39 is 23.0 Å². The predicted octanol–water partition coefficient (Wildman–Crippen LogP) is 5.14. The summed E-state index contributed by atoms with van der Waals surface area (Å²) < 4.78 is 49.1. The van der Waals surface area contributed by atoms with Gasteiger partial charge in [0.05, 0.1) is 18.4 Å². The molecule has 2 aromatic heterocycles. The first-order valence-electron chi connectivity index (χ1n) is 7.81. The minimum absolute atomic E-state index is 0.00216. The van der Waals surface area contributed by atoms with Crippen LogP contribution in [0.1, 0.15) is 0 Å². The highest BCUT2D eigenvalue weighted by molar-refractivity contribution is 6.33. The Kier molecular flexibility index (Phi) is 4.24. The van der Waals surface area contributed by atoms with Crippen LogP contribution >= 0.6 is 11.6 Å². The first kappa shape index (κ1) is 17.4. The van der Waals surface area contributed by atoms with Crippen molar-refractivity contribution in [3.63, 3.8) is 0 Å².